The fraction of sp³-hybridized carbons (Fsp3) is 0.286. The third-order valence-corrected chi connectivity index (χ3v) is 3.07. The lowest BCUT2D eigenvalue weighted by Gasteiger charge is -2.08. The van der Waals surface area contributed by atoms with E-state index in [1.165, 1.54) is 5.56 Å². The van der Waals surface area contributed by atoms with Gasteiger partial charge in [-0.1, -0.05) is 24.6 Å². The molecular formula is C14H17ClN2. The fourth-order valence-corrected chi connectivity index (χ4v) is 1.97. The Bertz CT molecular complexity index is 463. The molecule has 1 aromatic heterocycles. The van der Waals surface area contributed by atoms with E-state index in [1.54, 1.807) is 0 Å². The van der Waals surface area contributed by atoms with E-state index in [1.807, 2.05) is 24.4 Å². The molecule has 0 bridgehead atoms. The van der Waals surface area contributed by atoms with Crippen molar-refractivity contribution in [3.05, 3.63) is 47.1 Å². The third-order valence-electron chi connectivity index (χ3n) is 2.70. The Morgan fingerprint density at radius 3 is 2.88 bits per heavy atom. The van der Waals surface area contributed by atoms with Crippen LogP contribution in [0.4, 0.5) is 0 Å². The summed E-state index contributed by atoms with van der Waals surface area (Å²) in [5, 5.41) is 4.19. The van der Waals surface area contributed by atoms with Crippen molar-refractivity contribution < 1.29 is 0 Å². The predicted molar refractivity (Wildman–Crippen MR) is 73.2 cm³/mol. The first-order chi connectivity index (χ1) is 8.31. The molecule has 90 valence electrons. The lowest BCUT2D eigenvalue weighted by molar-refractivity contribution is 0.676. The van der Waals surface area contributed by atoms with Crippen LogP contribution in [0.25, 0.3) is 11.3 Å². The fourth-order valence-electron chi connectivity index (χ4n) is 1.79. The average Bonchev–Trinajstić information content (AvgIpc) is 2.85. The Balaban J connectivity index is 2.18. The van der Waals surface area contributed by atoms with E-state index in [4.69, 9.17) is 11.6 Å². The van der Waals surface area contributed by atoms with E-state index in [0.29, 0.717) is 0 Å². The summed E-state index contributed by atoms with van der Waals surface area (Å²) in [5.74, 6) is 0. The standard InChI is InChI=1S/C14H17ClN2/c1-2-7-16-10-12-9-11(5-6-13(12)15)14-4-3-8-17-14/h3-6,8-9,16-17H,2,7,10H2,1H3. The SMILES string of the molecule is CCCNCc1cc(-c2ccc[nH]2)ccc1Cl. The van der Waals surface area contributed by atoms with Crippen LogP contribution in [-0.4, -0.2) is 11.5 Å². The topological polar surface area (TPSA) is 27.8 Å². The van der Waals surface area contributed by atoms with Crippen LogP contribution in [0.1, 0.15) is 18.9 Å². The van der Waals surface area contributed by atoms with Crippen molar-refractivity contribution in [1.82, 2.24) is 10.3 Å². The molecule has 3 heteroatoms. The number of halogens is 1. The van der Waals surface area contributed by atoms with Gasteiger partial charge in [0.15, 0.2) is 0 Å². The van der Waals surface area contributed by atoms with Gasteiger partial charge in [0.2, 0.25) is 0 Å². The van der Waals surface area contributed by atoms with Crippen LogP contribution >= 0.6 is 11.6 Å². The van der Waals surface area contributed by atoms with Crippen molar-refractivity contribution >= 4 is 11.6 Å². The van der Waals surface area contributed by atoms with Gasteiger partial charge in [-0.3, -0.25) is 0 Å². The molecule has 0 saturated heterocycles. The number of hydrogen-bond donors (Lipinski definition) is 2. The van der Waals surface area contributed by atoms with Crippen LogP contribution in [0, 0.1) is 0 Å². The molecule has 0 aliphatic heterocycles. The monoisotopic (exact) mass is 248 g/mol. The van der Waals surface area contributed by atoms with Crippen molar-refractivity contribution in [2.24, 2.45) is 0 Å². The average molecular weight is 249 g/mol. The molecule has 2 N–H and O–H groups in total. The highest BCUT2D eigenvalue weighted by Gasteiger charge is 2.04. The molecule has 1 aromatic carbocycles. The van der Waals surface area contributed by atoms with Crippen LogP contribution in [0.5, 0.6) is 0 Å². The first-order valence-corrected chi connectivity index (χ1v) is 6.32. The molecular weight excluding hydrogens is 232 g/mol. The summed E-state index contributed by atoms with van der Waals surface area (Å²) in [6.45, 7) is 3.99. The number of aromatic amines is 1. The zero-order valence-electron chi connectivity index (χ0n) is 9.96. The van der Waals surface area contributed by atoms with Gasteiger partial charge in [0.05, 0.1) is 0 Å². The molecule has 0 amide bonds. The quantitative estimate of drug-likeness (QED) is 0.774. The van der Waals surface area contributed by atoms with Gasteiger partial charge >= 0.3 is 0 Å². The Morgan fingerprint density at radius 2 is 2.18 bits per heavy atom. The lowest BCUT2D eigenvalue weighted by Crippen LogP contribution is -2.14. The summed E-state index contributed by atoms with van der Waals surface area (Å²) >= 11 is 6.19. The van der Waals surface area contributed by atoms with Crippen molar-refractivity contribution in [1.29, 1.82) is 0 Å². The van der Waals surface area contributed by atoms with Crippen LogP contribution in [-0.2, 0) is 6.54 Å². The van der Waals surface area contributed by atoms with Crippen molar-refractivity contribution in [3.8, 4) is 11.3 Å². The number of benzene rings is 1. The number of H-pyrrole nitrogens is 1. The highest BCUT2D eigenvalue weighted by Crippen LogP contribution is 2.24. The van der Waals surface area contributed by atoms with E-state index in [-0.39, 0.29) is 0 Å². The minimum absolute atomic E-state index is 0.821. The molecule has 17 heavy (non-hydrogen) atoms. The third kappa shape index (κ3) is 3.11. The second-order valence-electron chi connectivity index (χ2n) is 4.07. The molecule has 0 saturated carbocycles. The maximum atomic E-state index is 6.19. The van der Waals surface area contributed by atoms with Crippen LogP contribution in [0.3, 0.4) is 0 Å². The van der Waals surface area contributed by atoms with Gasteiger partial charge < -0.3 is 10.3 Å². The Kier molecular flexibility index (Phi) is 4.24. The number of aromatic nitrogens is 1. The maximum Gasteiger partial charge on any atom is 0.0454 e. The van der Waals surface area contributed by atoms with Gasteiger partial charge in [0, 0.05) is 23.5 Å². The first kappa shape index (κ1) is 12.2. The molecule has 0 fully saturated rings. The van der Waals surface area contributed by atoms with Gasteiger partial charge in [-0.05, 0) is 48.4 Å². The summed E-state index contributed by atoms with van der Waals surface area (Å²) in [7, 11) is 0. The number of nitrogens with one attached hydrogen (secondary N) is 2. The van der Waals surface area contributed by atoms with Crippen LogP contribution in [0.15, 0.2) is 36.5 Å². The zero-order valence-corrected chi connectivity index (χ0v) is 10.7. The molecule has 0 aliphatic carbocycles. The van der Waals surface area contributed by atoms with E-state index >= 15 is 0 Å². The van der Waals surface area contributed by atoms with E-state index in [9.17, 15) is 0 Å². The van der Waals surface area contributed by atoms with Crippen molar-refractivity contribution in [3.63, 3.8) is 0 Å². The van der Waals surface area contributed by atoms with Crippen LogP contribution in [0.2, 0.25) is 5.02 Å². The minimum atomic E-state index is 0.821. The van der Waals surface area contributed by atoms with E-state index < -0.39 is 0 Å². The number of hydrogen-bond acceptors (Lipinski definition) is 1. The largest absolute Gasteiger partial charge is 0.361 e. The minimum Gasteiger partial charge on any atom is -0.361 e. The van der Waals surface area contributed by atoms with Gasteiger partial charge in [0.1, 0.15) is 0 Å². The summed E-state index contributed by atoms with van der Waals surface area (Å²) < 4.78 is 0. The van der Waals surface area contributed by atoms with Gasteiger partial charge in [0.25, 0.3) is 0 Å². The molecule has 0 radical (unpaired) electrons. The van der Waals surface area contributed by atoms with E-state index in [2.05, 4.69) is 29.4 Å². The smallest absolute Gasteiger partial charge is 0.0454 e. The van der Waals surface area contributed by atoms with Gasteiger partial charge in [-0.25, -0.2) is 0 Å². The molecule has 0 aliphatic rings. The Labute approximate surface area is 107 Å². The summed E-state index contributed by atoms with van der Waals surface area (Å²) in [6, 6.07) is 10.2. The molecule has 0 spiro atoms. The second kappa shape index (κ2) is 5.89. The lowest BCUT2D eigenvalue weighted by atomic mass is 10.1. The Hall–Kier alpha value is -1.25. The molecule has 0 atom stereocenters. The second-order valence-corrected chi connectivity index (χ2v) is 4.47. The molecule has 1 heterocycles. The van der Waals surface area contributed by atoms with Crippen molar-refractivity contribution in [2.75, 3.05) is 6.54 Å². The highest BCUT2D eigenvalue weighted by molar-refractivity contribution is 6.31. The predicted octanol–water partition coefficient (Wildman–Crippen LogP) is 3.83. The van der Waals surface area contributed by atoms with Gasteiger partial charge in [-0.2, -0.15) is 0 Å². The maximum absolute atomic E-state index is 6.19. The molecule has 2 rings (SSSR count). The normalized spacial score (nSPS) is 10.7. The molecule has 2 aromatic rings. The molecule has 2 nitrogen and oxygen atoms in total. The summed E-state index contributed by atoms with van der Waals surface area (Å²) in [4.78, 5) is 3.20. The Morgan fingerprint density at radius 1 is 1.29 bits per heavy atom. The molecule has 0 unspecified atom stereocenters. The van der Waals surface area contributed by atoms with Gasteiger partial charge in [-0.15, -0.1) is 0 Å². The summed E-state index contributed by atoms with van der Waals surface area (Å²) in [5.41, 5.74) is 3.44. The first-order valence-electron chi connectivity index (χ1n) is 5.94. The highest BCUT2D eigenvalue weighted by atomic mass is 35.5. The van der Waals surface area contributed by atoms with Crippen molar-refractivity contribution in [2.45, 2.75) is 19.9 Å². The summed E-state index contributed by atoms with van der Waals surface area (Å²) in [6.07, 6.45) is 3.06. The van der Waals surface area contributed by atoms with E-state index in [0.717, 1.165) is 35.8 Å². The number of rotatable bonds is 5. The zero-order chi connectivity index (χ0) is 12.1. The van der Waals surface area contributed by atoms with Crippen LogP contribution < -0.4 is 5.32 Å².